The van der Waals surface area contributed by atoms with Crippen molar-refractivity contribution in [1.82, 2.24) is 4.98 Å². The number of sulfone groups is 1. The SMILES string of the molecule is COc1ccc(-c2nc(S(=O)(=O)c3ccc(C)cc3)c(NCc3ccc(F)cc3)o2)cc1. The van der Waals surface area contributed by atoms with E-state index in [0.29, 0.717) is 11.3 Å². The maximum absolute atomic E-state index is 13.3. The molecule has 0 aliphatic heterocycles. The fourth-order valence-electron chi connectivity index (χ4n) is 3.07. The molecule has 32 heavy (non-hydrogen) atoms. The van der Waals surface area contributed by atoms with Crippen LogP contribution in [-0.2, 0) is 16.4 Å². The van der Waals surface area contributed by atoms with Crippen molar-refractivity contribution >= 4 is 15.7 Å². The van der Waals surface area contributed by atoms with E-state index in [0.717, 1.165) is 11.1 Å². The summed E-state index contributed by atoms with van der Waals surface area (Å²) in [7, 11) is -2.39. The Hall–Kier alpha value is -3.65. The summed E-state index contributed by atoms with van der Waals surface area (Å²) in [4.78, 5) is 4.43. The Labute approximate surface area is 185 Å². The van der Waals surface area contributed by atoms with Crippen LogP contribution in [0.25, 0.3) is 11.5 Å². The lowest BCUT2D eigenvalue weighted by Gasteiger charge is -2.07. The molecular weight excluding hydrogens is 431 g/mol. The third kappa shape index (κ3) is 4.50. The van der Waals surface area contributed by atoms with Crippen LogP contribution >= 0.6 is 0 Å². The van der Waals surface area contributed by atoms with Gasteiger partial charge in [0, 0.05) is 12.1 Å². The van der Waals surface area contributed by atoms with Crippen LogP contribution in [0.3, 0.4) is 0 Å². The minimum atomic E-state index is -3.95. The lowest BCUT2D eigenvalue weighted by Crippen LogP contribution is -2.07. The van der Waals surface area contributed by atoms with Crippen molar-refractivity contribution in [1.29, 1.82) is 0 Å². The second-order valence-corrected chi connectivity index (χ2v) is 9.04. The van der Waals surface area contributed by atoms with Crippen LogP contribution in [-0.4, -0.2) is 20.5 Å². The van der Waals surface area contributed by atoms with Crippen LogP contribution < -0.4 is 10.1 Å². The van der Waals surface area contributed by atoms with E-state index < -0.39 is 9.84 Å². The first-order valence-corrected chi connectivity index (χ1v) is 11.3. The van der Waals surface area contributed by atoms with Gasteiger partial charge >= 0.3 is 0 Å². The average Bonchev–Trinajstić information content (AvgIpc) is 3.24. The highest BCUT2D eigenvalue weighted by Crippen LogP contribution is 2.33. The first-order valence-electron chi connectivity index (χ1n) is 9.82. The Morgan fingerprint density at radius 2 is 1.62 bits per heavy atom. The summed E-state index contributed by atoms with van der Waals surface area (Å²) in [6.45, 7) is 2.11. The van der Waals surface area contributed by atoms with Crippen LogP contribution in [0.4, 0.5) is 10.3 Å². The van der Waals surface area contributed by atoms with Gasteiger partial charge in [0.15, 0.2) is 0 Å². The van der Waals surface area contributed by atoms with Crippen molar-refractivity contribution < 1.29 is 22.0 Å². The van der Waals surface area contributed by atoms with Crippen molar-refractivity contribution in [3.8, 4) is 17.2 Å². The molecule has 3 aromatic carbocycles. The van der Waals surface area contributed by atoms with Crippen molar-refractivity contribution in [2.45, 2.75) is 23.4 Å². The normalized spacial score (nSPS) is 11.3. The number of anilines is 1. The number of halogens is 1. The van der Waals surface area contributed by atoms with Gasteiger partial charge in [-0.2, -0.15) is 4.98 Å². The van der Waals surface area contributed by atoms with Gasteiger partial charge in [-0.05, 0) is 61.0 Å². The van der Waals surface area contributed by atoms with Crippen LogP contribution in [0.5, 0.6) is 5.75 Å². The molecular formula is C24H21FN2O4S. The maximum Gasteiger partial charge on any atom is 0.234 e. The summed E-state index contributed by atoms with van der Waals surface area (Å²) in [6, 6.07) is 19.4. The minimum Gasteiger partial charge on any atom is -0.497 e. The maximum atomic E-state index is 13.3. The predicted molar refractivity (Wildman–Crippen MR) is 119 cm³/mol. The largest absolute Gasteiger partial charge is 0.497 e. The molecule has 1 aromatic heterocycles. The summed E-state index contributed by atoms with van der Waals surface area (Å²) < 4.78 is 50.9. The topological polar surface area (TPSA) is 81.4 Å². The van der Waals surface area contributed by atoms with E-state index in [1.807, 2.05) is 6.92 Å². The van der Waals surface area contributed by atoms with Gasteiger partial charge in [-0.3, -0.25) is 0 Å². The lowest BCUT2D eigenvalue weighted by atomic mass is 10.2. The van der Waals surface area contributed by atoms with E-state index in [4.69, 9.17) is 9.15 Å². The number of rotatable bonds is 7. The molecule has 1 N–H and O–H groups in total. The van der Waals surface area contributed by atoms with E-state index in [1.54, 1.807) is 55.6 Å². The molecule has 0 aliphatic carbocycles. The zero-order valence-electron chi connectivity index (χ0n) is 17.5. The van der Waals surface area contributed by atoms with E-state index >= 15 is 0 Å². The highest BCUT2D eigenvalue weighted by Gasteiger charge is 2.28. The second-order valence-electron chi connectivity index (χ2n) is 7.18. The van der Waals surface area contributed by atoms with E-state index in [1.165, 1.54) is 24.3 Å². The monoisotopic (exact) mass is 452 g/mol. The molecule has 0 spiro atoms. The molecule has 1 heterocycles. The second kappa shape index (κ2) is 8.84. The van der Waals surface area contributed by atoms with E-state index in [-0.39, 0.29) is 34.1 Å². The van der Waals surface area contributed by atoms with Crippen LogP contribution in [0.15, 0.2) is 87.1 Å². The van der Waals surface area contributed by atoms with Gasteiger partial charge < -0.3 is 14.5 Å². The Bertz CT molecular complexity index is 1310. The first kappa shape index (κ1) is 21.6. The number of nitrogens with one attached hydrogen (secondary N) is 1. The van der Waals surface area contributed by atoms with Gasteiger partial charge in [0.2, 0.25) is 26.6 Å². The summed E-state index contributed by atoms with van der Waals surface area (Å²) in [5.74, 6) is 0.473. The number of benzene rings is 3. The van der Waals surface area contributed by atoms with Crippen molar-refractivity contribution in [3.63, 3.8) is 0 Å². The fraction of sp³-hybridized carbons (Fsp3) is 0.125. The van der Waals surface area contributed by atoms with Gasteiger partial charge in [-0.25, -0.2) is 12.8 Å². The molecule has 0 aliphatic rings. The highest BCUT2D eigenvalue weighted by molar-refractivity contribution is 7.91. The number of hydrogen-bond donors (Lipinski definition) is 1. The number of aromatic nitrogens is 1. The number of hydrogen-bond acceptors (Lipinski definition) is 6. The standard InChI is InChI=1S/C24H21FN2O4S/c1-16-3-13-21(14-4-16)32(28,29)24-23(26-15-17-5-9-19(25)10-6-17)31-22(27-24)18-7-11-20(30-2)12-8-18/h3-14,26H,15H2,1-2H3. The van der Waals surface area contributed by atoms with Crippen molar-refractivity contribution in [2.75, 3.05) is 12.4 Å². The average molecular weight is 453 g/mol. The third-order valence-corrected chi connectivity index (χ3v) is 6.56. The van der Waals surface area contributed by atoms with Gasteiger partial charge in [0.25, 0.3) is 0 Å². The minimum absolute atomic E-state index is 0.0146. The molecule has 0 amide bonds. The molecule has 8 heteroatoms. The summed E-state index contributed by atoms with van der Waals surface area (Å²) in [6.07, 6.45) is 0. The van der Waals surface area contributed by atoms with Gasteiger partial charge in [-0.1, -0.05) is 29.8 Å². The molecule has 0 bridgehead atoms. The van der Waals surface area contributed by atoms with Gasteiger partial charge in [0.1, 0.15) is 11.6 Å². The molecule has 0 saturated carbocycles. The molecule has 4 rings (SSSR count). The first-order chi connectivity index (χ1) is 15.4. The Kier molecular flexibility index (Phi) is 5.96. The number of ether oxygens (including phenoxy) is 1. The molecule has 0 saturated heterocycles. The lowest BCUT2D eigenvalue weighted by molar-refractivity contribution is 0.415. The third-order valence-electron chi connectivity index (χ3n) is 4.89. The summed E-state index contributed by atoms with van der Waals surface area (Å²) in [5, 5.41) is 2.78. The fourth-order valence-corrected chi connectivity index (χ4v) is 4.35. The van der Waals surface area contributed by atoms with E-state index in [9.17, 15) is 12.8 Å². The smallest absolute Gasteiger partial charge is 0.234 e. The predicted octanol–water partition coefficient (Wildman–Crippen LogP) is 5.24. The molecule has 4 aromatic rings. The quantitative estimate of drug-likeness (QED) is 0.413. The summed E-state index contributed by atoms with van der Waals surface area (Å²) in [5.41, 5.74) is 2.30. The van der Waals surface area contributed by atoms with Crippen molar-refractivity contribution in [2.24, 2.45) is 0 Å². The van der Waals surface area contributed by atoms with Crippen molar-refractivity contribution in [3.05, 3.63) is 89.7 Å². The Balaban J connectivity index is 1.74. The number of methoxy groups -OCH3 is 1. The van der Waals surface area contributed by atoms with Gasteiger partial charge in [0.05, 0.1) is 12.0 Å². The molecule has 0 atom stereocenters. The van der Waals surface area contributed by atoms with E-state index in [2.05, 4.69) is 10.3 Å². The zero-order valence-corrected chi connectivity index (χ0v) is 18.3. The van der Waals surface area contributed by atoms with Crippen LogP contribution in [0.1, 0.15) is 11.1 Å². The zero-order chi connectivity index (χ0) is 22.7. The molecule has 0 fully saturated rings. The Morgan fingerprint density at radius 3 is 2.25 bits per heavy atom. The number of nitrogens with zero attached hydrogens (tertiary/aromatic N) is 1. The molecule has 6 nitrogen and oxygen atoms in total. The van der Waals surface area contributed by atoms with Crippen LogP contribution in [0, 0.1) is 12.7 Å². The number of oxazole rings is 1. The van der Waals surface area contributed by atoms with Gasteiger partial charge in [-0.15, -0.1) is 0 Å². The molecule has 0 unspecified atom stereocenters. The molecule has 164 valence electrons. The van der Waals surface area contributed by atoms with Crippen LogP contribution in [0.2, 0.25) is 0 Å². The Morgan fingerprint density at radius 1 is 0.969 bits per heavy atom. The molecule has 0 radical (unpaired) electrons. The summed E-state index contributed by atoms with van der Waals surface area (Å²) >= 11 is 0. The highest BCUT2D eigenvalue weighted by atomic mass is 32.2. The number of aryl methyl sites for hydroxylation is 1.